The Labute approximate surface area is 204 Å². The second-order valence-electron chi connectivity index (χ2n) is 9.64. The fraction of sp³-hybridized carbons (Fsp3) is 0.379. The smallest absolute Gasteiger partial charge is 0.248 e. The highest BCUT2D eigenvalue weighted by molar-refractivity contribution is 5.53. The third-order valence-corrected chi connectivity index (χ3v) is 6.97. The molecule has 4 nitrogen and oxygen atoms in total. The monoisotopic (exact) mass is 479 g/mol. The van der Waals surface area contributed by atoms with Gasteiger partial charge in [-0.2, -0.15) is 0 Å². The number of rotatable bonds is 9. The molecule has 0 radical (unpaired) electrons. The van der Waals surface area contributed by atoms with Crippen LogP contribution in [-0.2, 0) is 19.6 Å². The second-order valence-corrected chi connectivity index (χ2v) is 9.64. The quantitative estimate of drug-likeness (QED) is 0.406. The zero-order valence-electron chi connectivity index (χ0n) is 19.6. The van der Waals surface area contributed by atoms with Crippen LogP contribution in [0.25, 0.3) is 0 Å². The highest BCUT2D eigenvalue weighted by Gasteiger charge is 2.45. The van der Waals surface area contributed by atoms with Crippen molar-refractivity contribution in [2.75, 3.05) is 6.54 Å². The summed E-state index contributed by atoms with van der Waals surface area (Å²) in [6, 6.07) is 23.5. The van der Waals surface area contributed by atoms with Crippen molar-refractivity contribution in [1.29, 1.82) is 0 Å². The maximum Gasteiger partial charge on any atom is 0.248 e. The van der Waals surface area contributed by atoms with Crippen molar-refractivity contribution in [3.05, 3.63) is 95.1 Å². The summed E-state index contributed by atoms with van der Waals surface area (Å²) < 4.78 is 38.8. The molecule has 2 atom stereocenters. The van der Waals surface area contributed by atoms with Gasteiger partial charge in [-0.25, -0.2) is 8.78 Å². The van der Waals surface area contributed by atoms with E-state index in [4.69, 9.17) is 9.47 Å². The van der Waals surface area contributed by atoms with Crippen LogP contribution in [0, 0.1) is 5.92 Å². The van der Waals surface area contributed by atoms with Gasteiger partial charge in [0.2, 0.25) is 5.92 Å². The summed E-state index contributed by atoms with van der Waals surface area (Å²) in [6.07, 6.45) is 0.526. The summed E-state index contributed by atoms with van der Waals surface area (Å²) in [5.41, 5.74) is 3.87. The molecule has 1 fully saturated rings. The molecule has 3 aromatic rings. The number of ether oxygens (including phenoxy) is 2. The number of fused-ring (bicyclic) bond motifs is 1. The van der Waals surface area contributed by atoms with E-state index in [1.165, 1.54) is 0 Å². The zero-order chi connectivity index (χ0) is 24.3. The van der Waals surface area contributed by atoms with E-state index in [0.29, 0.717) is 44.1 Å². The number of benzene rings is 3. The summed E-state index contributed by atoms with van der Waals surface area (Å²) >= 11 is 0. The SMILES string of the molecule is O[C@@H]1c2ccc(OCc3ccccc3)c(OCc3ccccc3)c2CCC1NCC1CC(F)(F)C1. The molecule has 0 aliphatic heterocycles. The molecule has 2 aliphatic rings. The molecular formula is C29H31F2NO3. The lowest BCUT2D eigenvalue weighted by atomic mass is 9.80. The predicted octanol–water partition coefficient (Wildman–Crippen LogP) is 5.83. The first-order valence-corrected chi connectivity index (χ1v) is 12.3. The fourth-order valence-corrected chi connectivity index (χ4v) is 5.03. The molecule has 5 rings (SSSR count). The number of hydrogen-bond acceptors (Lipinski definition) is 4. The van der Waals surface area contributed by atoms with Crippen molar-refractivity contribution in [3.8, 4) is 11.5 Å². The van der Waals surface area contributed by atoms with Crippen LogP contribution in [0.2, 0.25) is 0 Å². The van der Waals surface area contributed by atoms with Gasteiger partial charge in [-0.3, -0.25) is 0 Å². The Morgan fingerprint density at radius 2 is 1.49 bits per heavy atom. The average Bonchev–Trinajstić information content (AvgIpc) is 2.86. The van der Waals surface area contributed by atoms with Gasteiger partial charge in [0.05, 0.1) is 6.10 Å². The van der Waals surface area contributed by atoms with E-state index < -0.39 is 12.0 Å². The molecule has 35 heavy (non-hydrogen) atoms. The van der Waals surface area contributed by atoms with Crippen LogP contribution in [0.1, 0.15) is 47.6 Å². The summed E-state index contributed by atoms with van der Waals surface area (Å²) in [4.78, 5) is 0. The van der Waals surface area contributed by atoms with Crippen LogP contribution in [0.5, 0.6) is 11.5 Å². The molecule has 2 aliphatic carbocycles. The van der Waals surface area contributed by atoms with Gasteiger partial charge >= 0.3 is 0 Å². The van der Waals surface area contributed by atoms with E-state index in [1.807, 2.05) is 72.8 Å². The fourth-order valence-electron chi connectivity index (χ4n) is 5.03. The van der Waals surface area contributed by atoms with E-state index in [1.54, 1.807) is 0 Å². The van der Waals surface area contributed by atoms with Gasteiger partial charge in [-0.15, -0.1) is 0 Å². The molecule has 1 saturated carbocycles. The van der Waals surface area contributed by atoms with E-state index in [-0.39, 0.29) is 24.8 Å². The molecule has 0 bridgehead atoms. The number of aliphatic hydroxyl groups is 1. The maximum atomic E-state index is 13.2. The number of hydrogen-bond donors (Lipinski definition) is 2. The van der Waals surface area contributed by atoms with Crippen molar-refractivity contribution in [1.82, 2.24) is 5.32 Å². The largest absolute Gasteiger partial charge is 0.485 e. The highest BCUT2D eigenvalue weighted by Crippen LogP contribution is 2.44. The third kappa shape index (κ3) is 5.65. The van der Waals surface area contributed by atoms with Crippen LogP contribution in [-0.4, -0.2) is 23.6 Å². The molecular weight excluding hydrogens is 448 g/mol. The number of nitrogens with one attached hydrogen (secondary N) is 1. The van der Waals surface area contributed by atoms with Gasteiger partial charge < -0.3 is 19.9 Å². The second kappa shape index (κ2) is 10.3. The third-order valence-electron chi connectivity index (χ3n) is 6.97. The van der Waals surface area contributed by atoms with E-state index in [2.05, 4.69) is 5.32 Å². The molecule has 0 spiro atoms. The van der Waals surface area contributed by atoms with Gasteiger partial charge in [0, 0.05) is 24.4 Å². The molecule has 184 valence electrons. The van der Waals surface area contributed by atoms with Gasteiger partial charge in [0.15, 0.2) is 11.5 Å². The van der Waals surface area contributed by atoms with Gasteiger partial charge in [0.1, 0.15) is 13.2 Å². The highest BCUT2D eigenvalue weighted by atomic mass is 19.3. The minimum absolute atomic E-state index is 0.0304. The molecule has 1 unspecified atom stereocenters. The Morgan fingerprint density at radius 3 is 2.11 bits per heavy atom. The van der Waals surface area contributed by atoms with E-state index >= 15 is 0 Å². The summed E-state index contributed by atoms with van der Waals surface area (Å²) in [5.74, 6) is -1.24. The lowest BCUT2D eigenvalue weighted by Crippen LogP contribution is -2.46. The average molecular weight is 480 g/mol. The van der Waals surface area contributed by atoms with Crippen LogP contribution in [0.3, 0.4) is 0 Å². The van der Waals surface area contributed by atoms with Crippen molar-refractivity contribution in [2.45, 2.75) is 57.0 Å². The first kappa shape index (κ1) is 23.8. The van der Waals surface area contributed by atoms with E-state index in [9.17, 15) is 13.9 Å². The first-order chi connectivity index (χ1) is 17.0. The number of aliphatic hydroxyl groups excluding tert-OH is 1. The number of halogens is 2. The van der Waals surface area contributed by atoms with Crippen molar-refractivity contribution >= 4 is 0 Å². The Hall–Kier alpha value is -2.96. The molecule has 0 heterocycles. The normalized spacial score (nSPS) is 21.1. The van der Waals surface area contributed by atoms with Crippen LogP contribution < -0.4 is 14.8 Å². The van der Waals surface area contributed by atoms with Crippen LogP contribution >= 0.6 is 0 Å². The zero-order valence-corrected chi connectivity index (χ0v) is 19.6. The van der Waals surface area contributed by atoms with Gasteiger partial charge in [-0.1, -0.05) is 66.7 Å². The Kier molecular flexibility index (Phi) is 7.02. The minimum Gasteiger partial charge on any atom is -0.485 e. The lowest BCUT2D eigenvalue weighted by molar-refractivity contribution is -0.110. The minimum atomic E-state index is -2.52. The topological polar surface area (TPSA) is 50.7 Å². The van der Waals surface area contributed by atoms with Crippen molar-refractivity contribution in [2.24, 2.45) is 5.92 Å². The summed E-state index contributed by atoms with van der Waals surface area (Å²) in [7, 11) is 0. The summed E-state index contributed by atoms with van der Waals surface area (Å²) in [5, 5.41) is 14.5. The molecule has 0 saturated heterocycles. The molecule has 0 aromatic heterocycles. The standard InChI is InChI=1S/C29H31F2NO3/c30-29(31)15-22(16-29)17-32-25-13-11-24-23(27(25)33)12-14-26(34-18-20-7-3-1-4-8-20)28(24)35-19-21-9-5-2-6-10-21/h1-10,12,14,22,25,27,32-33H,11,13,15-19H2/t25?,27-/m1/s1. The molecule has 6 heteroatoms. The number of alkyl halides is 2. The van der Waals surface area contributed by atoms with Crippen molar-refractivity contribution < 1.29 is 23.4 Å². The van der Waals surface area contributed by atoms with Crippen LogP contribution in [0.4, 0.5) is 8.78 Å². The van der Waals surface area contributed by atoms with Gasteiger partial charge in [0.25, 0.3) is 0 Å². The molecule has 2 N–H and O–H groups in total. The van der Waals surface area contributed by atoms with Gasteiger partial charge in [-0.05, 0) is 48.1 Å². The maximum absolute atomic E-state index is 13.2. The Bertz CT molecular complexity index is 1120. The predicted molar refractivity (Wildman–Crippen MR) is 131 cm³/mol. The first-order valence-electron chi connectivity index (χ1n) is 12.3. The lowest BCUT2D eigenvalue weighted by Gasteiger charge is -2.38. The Balaban J connectivity index is 1.33. The molecule has 3 aromatic carbocycles. The molecule has 0 amide bonds. The van der Waals surface area contributed by atoms with E-state index in [0.717, 1.165) is 22.3 Å². The Morgan fingerprint density at radius 1 is 0.857 bits per heavy atom. The van der Waals surface area contributed by atoms with Crippen molar-refractivity contribution in [3.63, 3.8) is 0 Å². The van der Waals surface area contributed by atoms with Crippen LogP contribution in [0.15, 0.2) is 72.8 Å². The summed E-state index contributed by atoms with van der Waals surface area (Å²) in [6.45, 7) is 1.31.